The number of carbonyl (C=O) groups is 1. The Balaban J connectivity index is 3.47. The van der Waals surface area contributed by atoms with Gasteiger partial charge in [-0.1, -0.05) is 198 Å². The Labute approximate surface area is 300 Å². The molecule has 0 bridgehead atoms. The number of rotatable bonds is 38. The first-order valence-electron chi connectivity index (χ1n) is 21.2. The molecule has 0 fully saturated rings. The van der Waals surface area contributed by atoms with Gasteiger partial charge in [-0.15, -0.1) is 0 Å². The summed E-state index contributed by atoms with van der Waals surface area (Å²) >= 11 is 0. The van der Waals surface area contributed by atoms with E-state index in [2.05, 4.69) is 43.5 Å². The third kappa shape index (κ3) is 35.9. The molecule has 0 spiro atoms. The van der Waals surface area contributed by atoms with Crippen LogP contribution in [0.2, 0.25) is 0 Å². The van der Waals surface area contributed by atoms with Gasteiger partial charge < -0.3 is 15.5 Å². The zero-order valence-corrected chi connectivity index (χ0v) is 32.3. The summed E-state index contributed by atoms with van der Waals surface area (Å²) < 4.78 is 0. The SMILES string of the molecule is CCCCCCC/C=C\C/C=C\CCCCCCCCCCCCCCCCCC(=O)NC(CO)C(O)/C=C/CCCCCCCCC. The summed E-state index contributed by atoms with van der Waals surface area (Å²) in [5.41, 5.74) is 0. The van der Waals surface area contributed by atoms with Gasteiger partial charge in [0.15, 0.2) is 0 Å². The molecule has 4 nitrogen and oxygen atoms in total. The van der Waals surface area contributed by atoms with Crippen molar-refractivity contribution in [3.8, 4) is 0 Å². The second kappa shape index (κ2) is 40.0. The van der Waals surface area contributed by atoms with Crippen molar-refractivity contribution >= 4 is 5.91 Å². The van der Waals surface area contributed by atoms with E-state index in [4.69, 9.17) is 0 Å². The highest BCUT2D eigenvalue weighted by Gasteiger charge is 2.17. The van der Waals surface area contributed by atoms with Crippen LogP contribution in [0.25, 0.3) is 0 Å². The van der Waals surface area contributed by atoms with Crippen LogP contribution in [0.3, 0.4) is 0 Å². The maximum Gasteiger partial charge on any atom is 0.220 e. The van der Waals surface area contributed by atoms with E-state index in [-0.39, 0.29) is 12.5 Å². The summed E-state index contributed by atoms with van der Waals surface area (Å²) in [7, 11) is 0. The molecule has 0 saturated heterocycles. The first-order valence-corrected chi connectivity index (χ1v) is 21.2. The molecule has 0 aliphatic rings. The van der Waals surface area contributed by atoms with Crippen LogP contribution in [0.4, 0.5) is 0 Å². The maximum atomic E-state index is 12.3. The predicted molar refractivity (Wildman–Crippen MR) is 212 cm³/mol. The van der Waals surface area contributed by atoms with Crippen molar-refractivity contribution in [2.24, 2.45) is 0 Å². The number of aliphatic hydroxyl groups excluding tert-OH is 2. The van der Waals surface area contributed by atoms with E-state index in [0.717, 1.165) is 32.1 Å². The Bertz CT molecular complexity index is 731. The second-order valence-electron chi connectivity index (χ2n) is 14.4. The summed E-state index contributed by atoms with van der Waals surface area (Å²) in [6.45, 7) is 4.27. The van der Waals surface area contributed by atoms with Crippen LogP contribution in [0.15, 0.2) is 36.5 Å². The summed E-state index contributed by atoms with van der Waals surface area (Å²) in [6.07, 6.45) is 52.6. The monoisotopic (exact) mass is 674 g/mol. The summed E-state index contributed by atoms with van der Waals surface area (Å²) in [5.74, 6) is -0.0665. The van der Waals surface area contributed by atoms with Crippen LogP contribution in [-0.4, -0.2) is 34.9 Å². The van der Waals surface area contributed by atoms with E-state index in [9.17, 15) is 15.0 Å². The van der Waals surface area contributed by atoms with Crippen molar-refractivity contribution < 1.29 is 15.0 Å². The van der Waals surface area contributed by atoms with Crippen molar-refractivity contribution in [3.05, 3.63) is 36.5 Å². The molecular weight excluding hydrogens is 590 g/mol. The molecule has 0 radical (unpaired) electrons. The average molecular weight is 674 g/mol. The van der Waals surface area contributed by atoms with Crippen LogP contribution >= 0.6 is 0 Å². The Morgan fingerprint density at radius 3 is 1.25 bits per heavy atom. The van der Waals surface area contributed by atoms with Crippen LogP contribution in [-0.2, 0) is 4.79 Å². The molecule has 1 amide bonds. The third-order valence-corrected chi connectivity index (χ3v) is 9.62. The van der Waals surface area contributed by atoms with Crippen LogP contribution < -0.4 is 5.32 Å². The summed E-state index contributed by atoms with van der Waals surface area (Å²) in [6, 6.07) is -0.618. The Hall–Kier alpha value is -1.39. The fourth-order valence-electron chi connectivity index (χ4n) is 6.33. The molecule has 0 rings (SSSR count). The molecule has 0 aromatic heterocycles. The number of amides is 1. The van der Waals surface area contributed by atoms with Gasteiger partial charge >= 0.3 is 0 Å². The number of unbranched alkanes of at least 4 members (excludes halogenated alkanes) is 27. The molecular formula is C44H83NO3. The van der Waals surface area contributed by atoms with E-state index in [1.54, 1.807) is 6.08 Å². The first-order chi connectivity index (χ1) is 23.7. The third-order valence-electron chi connectivity index (χ3n) is 9.62. The molecule has 0 aromatic rings. The van der Waals surface area contributed by atoms with Gasteiger partial charge in [-0.3, -0.25) is 4.79 Å². The Kier molecular flexibility index (Phi) is 38.9. The lowest BCUT2D eigenvalue weighted by molar-refractivity contribution is -0.123. The van der Waals surface area contributed by atoms with Crippen LogP contribution in [0, 0.1) is 0 Å². The van der Waals surface area contributed by atoms with Crippen molar-refractivity contribution in [2.45, 2.75) is 231 Å². The van der Waals surface area contributed by atoms with Crippen LogP contribution in [0.5, 0.6) is 0 Å². The molecule has 282 valence electrons. The van der Waals surface area contributed by atoms with Gasteiger partial charge in [0, 0.05) is 6.42 Å². The number of hydrogen-bond acceptors (Lipinski definition) is 3. The Morgan fingerprint density at radius 1 is 0.500 bits per heavy atom. The number of carbonyl (C=O) groups excluding carboxylic acids is 1. The van der Waals surface area contributed by atoms with E-state index >= 15 is 0 Å². The molecule has 0 saturated carbocycles. The Morgan fingerprint density at radius 2 is 0.854 bits per heavy atom. The normalized spacial score (nSPS) is 13.3. The van der Waals surface area contributed by atoms with Gasteiger partial charge in [-0.25, -0.2) is 0 Å². The highest BCUT2D eigenvalue weighted by Crippen LogP contribution is 2.15. The number of allylic oxidation sites excluding steroid dienone is 5. The van der Waals surface area contributed by atoms with E-state index in [1.807, 2.05) is 6.08 Å². The lowest BCUT2D eigenvalue weighted by Crippen LogP contribution is -2.45. The lowest BCUT2D eigenvalue weighted by atomic mass is 10.0. The smallest absolute Gasteiger partial charge is 0.220 e. The quantitative estimate of drug-likeness (QED) is 0.0451. The van der Waals surface area contributed by atoms with E-state index < -0.39 is 12.1 Å². The maximum absolute atomic E-state index is 12.3. The molecule has 4 heteroatoms. The van der Waals surface area contributed by atoms with E-state index in [1.165, 1.54) is 167 Å². The minimum absolute atomic E-state index is 0.0665. The average Bonchev–Trinajstić information content (AvgIpc) is 3.09. The first kappa shape index (κ1) is 46.6. The standard InChI is InChI=1S/C44H83NO3/c1-3-5-7-9-11-13-14-15-16-17-18-19-20-21-22-23-24-25-26-27-28-29-30-32-34-36-38-40-44(48)45-42(41-46)43(47)39-37-35-33-31-12-10-8-6-4-2/h14-15,17-18,37,39,42-43,46-47H,3-13,16,19-36,38,40-41H2,1-2H3,(H,45,48)/b15-14-,18-17-,39-37+. The molecule has 2 atom stereocenters. The molecule has 0 aliphatic heterocycles. The number of hydrogen-bond donors (Lipinski definition) is 3. The van der Waals surface area contributed by atoms with E-state index in [0.29, 0.717) is 6.42 Å². The molecule has 0 aliphatic carbocycles. The van der Waals surface area contributed by atoms with Gasteiger partial charge in [0.05, 0.1) is 18.8 Å². The zero-order chi connectivity index (χ0) is 35.0. The van der Waals surface area contributed by atoms with Crippen molar-refractivity contribution in [1.29, 1.82) is 0 Å². The topological polar surface area (TPSA) is 69.6 Å². The number of nitrogens with one attached hydrogen (secondary N) is 1. The lowest BCUT2D eigenvalue weighted by Gasteiger charge is -2.20. The van der Waals surface area contributed by atoms with Crippen LogP contribution in [0.1, 0.15) is 219 Å². The van der Waals surface area contributed by atoms with Gasteiger partial charge in [-0.2, -0.15) is 0 Å². The summed E-state index contributed by atoms with van der Waals surface area (Å²) in [5, 5.41) is 22.8. The fraction of sp³-hybridized carbons (Fsp3) is 0.841. The molecule has 0 heterocycles. The van der Waals surface area contributed by atoms with Crippen molar-refractivity contribution in [2.75, 3.05) is 6.61 Å². The summed E-state index contributed by atoms with van der Waals surface area (Å²) in [4.78, 5) is 12.3. The van der Waals surface area contributed by atoms with Gasteiger partial charge in [0.25, 0.3) is 0 Å². The largest absolute Gasteiger partial charge is 0.394 e. The minimum Gasteiger partial charge on any atom is -0.394 e. The molecule has 3 N–H and O–H groups in total. The molecule has 48 heavy (non-hydrogen) atoms. The molecule has 2 unspecified atom stereocenters. The second-order valence-corrected chi connectivity index (χ2v) is 14.4. The van der Waals surface area contributed by atoms with Crippen molar-refractivity contribution in [1.82, 2.24) is 5.32 Å². The highest BCUT2D eigenvalue weighted by atomic mass is 16.3. The number of aliphatic hydroxyl groups is 2. The van der Waals surface area contributed by atoms with Crippen molar-refractivity contribution in [3.63, 3.8) is 0 Å². The fourth-order valence-corrected chi connectivity index (χ4v) is 6.33. The molecule has 0 aromatic carbocycles. The van der Waals surface area contributed by atoms with Gasteiger partial charge in [0.1, 0.15) is 0 Å². The van der Waals surface area contributed by atoms with Gasteiger partial charge in [0.2, 0.25) is 5.91 Å². The predicted octanol–water partition coefficient (Wildman–Crippen LogP) is 13.0. The zero-order valence-electron chi connectivity index (χ0n) is 32.3. The van der Waals surface area contributed by atoms with Gasteiger partial charge in [-0.05, 0) is 51.4 Å². The highest BCUT2D eigenvalue weighted by molar-refractivity contribution is 5.76. The minimum atomic E-state index is -0.835.